The van der Waals surface area contributed by atoms with Crippen molar-refractivity contribution < 1.29 is 9.18 Å². The molecule has 1 aromatic carbocycles. The molecule has 0 spiro atoms. The number of benzene rings is 1. The summed E-state index contributed by atoms with van der Waals surface area (Å²) in [5, 5.41) is 0. The zero-order chi connectivity index (χ0) is 19.0. The van der Waals surface area contributed by atoms with Gasteiger partial charge in [0, 0.05) is 24.2 Å². The van der Waals surface area contributed by atoms with Gasteiger partial charge < -0.3 is 9.80 Å². The minimum absolute atomic E-state index is 0.0269. The molecule has 0 bridgehead atoms. The van der Waals surface area contributed by atoms with Crippen molar-refractivity contribution in [1.29, 1.82) is 0 Å². The van der Waals surface area contributed by atoms with Gasteiger partial charge in [0.2, 0.25) is 5.91 Å². The SMILES string of the molecule is CC1(C)C[C@H]2[C@H](CCCN2C(=O)CC2CCCCC2)N1c1ccc(F)cc1. The fourth-order valence-electron chi connectivity index (χ4n) is 5.85. The Morgan fingerprint density at radius 2 is 1.74 bits per heavy atom. The highest BCUT2D eigenvalue weighted by atomic mass is 19.1. The van der Waals surface area contributed by atoms with Gasteiger partial charge in [-0.15, -0.1) is 0 Å². The molecule has 1 amide bonds. The van der Waals surface area contributed by atoms with Gasteiger partial charge in [0.05, 0.1) is 12.1 Å². The Labute approximate surface area is 162 Å². The maximum absolute atomic E-state index is 13.4. The first-order valence-electron chi connectivity index (χ1n) is 10.8. The van der Waals surface area contributed by atoms with Crippen LogP contribution in [-0.2, 0) is 4.79 Å². The van der Waals surface area contributed by atoms with E-state index in [9.17, 15) is 9.18 Å². The minimum atomic E-state index is -0.194. The van der Waals surface area contributed by atoms with E-state index in [0.717, 1.165) is 37.9 Å². The summed E-state index contributed by atoms with van der Waals surface area (Å²) >= 11 is 0. The Morgan fingerprint density at radius 3 is 2.44 bits per heavy atom. The maximum atomic E-state index is 13.4. The highest BCUT2D eigenvalue weighted by Gasteiger charge is 2.50. The number of carbonyl (C=O) groups excluding carboxylic acids is 1. The number of likely N-dealkylation sites (tertiary alicyclic amines) is 1. The first kappa shape index (κ1) is 18.8. The summed E-state index contributed by atoms with van der Waals surface area (Å²) in [6, 6.07) is 7.51. The normalized spacial score (nSPS) is 28.3. The molecule has 2 heterocycles. The van der Waals surface area contributed by atoms with Crippen molar-refractivity contribution in [3.05, 3.63) is 30.1 Å². The monoisotopic (exact) mass is 372 g/mol. The van der Waals surface area contributed by atoms with Crippen LogP contribution in [0, 0.1) is 11.7 Å². The van der Waals surface area contributed by atoms with Crippen LogP contribution in [-0.4, -0.2) is 35.0 Å². The number of halogens is 1. The fraction of sp³-hybridized carbons (Fsp3) is 0.696. The first-order valence-corrected chi connectivity index (χ1v) is 10.8. The summed E-state index contributed by atoms with van der Waals surface area (Å²) in [5.41, 5.74) is 1.05. The van der Waals surface area contributed by atoms with Crippen molar-refractivity contribution in [3.63, 3.8) is 0 Å². The van der Waals surface area contributed by atoms with Crippen LogP contribution in [0.1, 0.15) is 71.6 Å². The van der Waals surface area contributed by atoms with Gasteiger partial charge >= 0.3 is 0 Å². The number of hydrogen-bond donors (Lipinski definition) is 0. The van der Waals surface area contributed by atoms with Crippen LogP contribution in [0.15, 0.2) is 24.3 Å². The van der Waals surface area contributed by atoms with Gasteiger partial charge in [0.15, 0.2) is 0 Å². The molecule has 0 N–H and O–H groups in total. The summed E-state index contributed by atoms with van der Waals surface area (Å²) < 4.78 is 13.4. The van der Waals surface area contributed by atoms with Crippen molar-refractivity contribution in [2.75, 3.05) is 11.4 Å². The van der Waals surface area contributed by atoms with E-state index >= 15 is 0 Å². The number of amides is 1. The number of hydrogen-bond acceptors (Lipinski definition) is 2. The van der Waals surface area contributed by atoms with Crippen LogP contribution in [0.2, 0.25) is 0 Å². The van der Waals surface area contributed by atoms with E-state index in [1.807, 2.05) is 12.1 Å². The summed E-state index contributed by atoms with van der Waals surface area (Å²) in [6.45, 7) is 5.43. The Kier molecular flexibility index (Phi) is 5.17. The average Bonchev–Trinajstić information content (AvgIpc) is 2.93. The summed E-state index contributed by atoms with van der Waals surface area (Å²) in [6.07, 6.45) is 10.3. The van der Waals surface area contributed by atoms with Crippen LogP contribution in [0.5, 0.6) is 0 Å². The van der Waals surface area contributed by atoms with Crippen LogP contribution in [0.25, 0.3) is 0 Å². The van der Waals surface area contributed by atoms with Crippen molar-refractivity contribution in [2.45, 2.75) is 89.3 Å². The molecule has 2 aliphatic heterocycles. The zero-order valence-electron chi connectivity index (χ0n) is 16.8. The largest absolute Gasteiger partial charge is 0.361 e. The third kappa shape index (κ3) is 3.72. The second kappa shape index (κ2) is 7.44. The van der Waals surface area contributed by atoms with Gasteiger partial charge in [0.1, 0.15) is 5.82 Å². The molecule has 3 nitrogen and oxygen atoms in total. The highest BCUT2D eigenvalue weighted by molar-refractivity contribution is 5.77. The molecule has 148 valence electrons. The van der Waals surface area contributed by atoms with E-state index in [-0.39, 0.29) is 17.4 Å². The predicted octanol–water partition coefficient (Wildman–Crippen LogP) is 5.14. The second-order valence-electron chi connectivity index (χ2n) is 9.44. The molecule has 4 heteroatoms. The lowest BCUT2D eigenvalue weighted by Gasteiger charge is -2.43. The molecule has 1 aromatic rings. The smallest absolute Gasteiger partial charge is 0.223 e. The van der Waals surface area contributed by atoms with Gasteiger partial charge in [0.25, 0.3) is 0 Å². The molecule has 3 fully saturated rings. The molecule has 0 aromatic heterocycles. The van der Waals surface area contributed by atoms with Crippen LogP contribution >= 0.6 is 0 Å². The fourth-order valence-corrected chi connectivity index (χ4v) is 5.85. The lowest BCUT2D eigenvalue weighted by Crippen LogP contribution is -2.53. The molecule has 0 radical (unpaired) electrons. The Hall–Kier alpha value is -1.58. The predicted molar refractivity (Wildman–Crippen MR) is 107 cm³/mol. The zero-order valence-corrected chi connectivity index (χ0v) is 16.8. The van der Waals surface area contributed by atoms with Crippen LogP contribution < -0.4 is 4.90 Å². The average molecular weight is 373 g/mol. The molecule has 2 atom stereocenters. The van der Waals surface area contributed by atoms with Crippen molar-refractivity contribution >= 4 is 11.6 Å². The standard InChI is InChI=1S/C23H33FN2O/c1-23(2)16-21-20(26(23)19-12-10-18(24)11-13-19)9-6-14-25(21)22(27)15-17-7-4-3-5-8-17/h10-13,17,20-21H,3-9,14-16H2,1-2H3/t20-,21-/m0/s1. The van der Waals surface area contributed by atoms with Gasteiger partial charge in [-0.1, -0.05) is 19.3 Å². The quantitative estimate of drug-likeness (QED) is 0.733. The molecule has 1 saturated carbocycles. The Balaban J connectivity index is 1.52. The maximum Gasteiger partial charge on any atom is 0.223 e. The summed E-state index contributed by atoms with van der Waals surface area (Å²) in [4.78, 5) is 17.8. The van der Waals surface area contributed by atoms with Crippen LogP contribution in [0.3, 0.4) is 0 Å². The summed E-state index contributed by atoms with van der Waals surface area (Å²) in [5.74, 6) is 0.767. The molecule has 1 aliphatic carbocycles. The lowest BCUT2D eigenvalue weighted by atomic mass is 9.86. The number of piperidine rings is 1. The number of nitrogens with zero attached hydrogens (tertiary/aromatic N) is 2. The highest BCUT2D eigenvalue weighted by Crippen LogP contribution is 2.44. The molecule has 27 heavy (non-hydrogen) atoms. The van der Waals surface area contributed by atoms with Gasteiger partial charge in [-0.05, 0) is 76.1 Å². The van der Waals surface area contributed by atoms with E-state index in [1.54, 1.807) is 12.1 Å². The van der Waals surface area contributed by atoms with E-state index in [4.69, 9.17) is 0 Å². The number of fused-ring (bicyclic) bond motifs is 1. The van der Waals surface area contributed by atoms with E-state index in [2.05, 4.69) is 23.6 Å². The molecule has 2 saturated heterocycles. The molecule has 4 rings (SSSR count). The third-order valence-electron chi connectivity index (χ3n) is 7.05. The molecule has 3 aliphatic rings. The first-order chi connectivity index (χ1) is 13.0. The van der Waals surface area contributed by atoms with Crippen molar-refractivity contribution in [3.8, 4) is 0 Å². The van der Waals surface area contributed by atoms with E-state index < -0.39 is 0 Å². The summed E-state index contributed by atoms with van der Waals surface area (Å²) in [7, 11) is 0. The molecular formula is C23H33FN2O. The molecular weight excluding hydrogens is 339 g/mol. The van der Waals surface area contributed by atoms with Crippen molar-refractivity contribution in [1.82, 2.24) is 4.90 Å². The topological polar surface area (TPSA) is 23.6 Å². The lowest BCUT2D eigenvalue weighted by molar-refractivity contribution is -0.136. The number of anilines is 1. The Morgan fingerprint density at radius 1 is 1.04 bits per heavy atom. The molecule has 0 unspecified atom stereocenters. The van der Waals surface area contributed by atoms with Crippen LogP contribution in [0.4, 0.5) is 10.1 Å². The van der Waals surface area contributed by atoms with E-state index in [0.29, 0.717) is 17.9 Å². The number of carbonyl (C=O) groups is 1. The number of rotatable bonds is 3. The van der Waals surface area contributed by atoms with Gasteiger partial charge in [-0.2, -0.15) is 0 Å². The van der Waals surface area contributed by atoms with Gasteiger partial charge in [-0.25, -0.2) is 4.39 Å². The van der Waals surface area contributed by atoms with E-state index in [1.165, 1.54) is 32.1 Å². The Bertz CT molecular complexity index is 665. The minimum Gasteiger partial charge on any atom is -0.361 e. The second-order valence-corrected chi connectivity index (χ2v) is 9.44. The van der Waals surface area contributed by atoms with Gasteiger partial charge in [-0.3, -0.25) is 4.79 Å². The third-order valence-corrected chi connectivity index (χ3v) is 7.05. The van der Waals surface area contributed by atoms with Crippen molar-refractivity contribution in [2.24, 2.45) is 5.92 Å².